The normalized spacial score (nSPS) is 19.8. The van der Waals surface area contributed by atoms with Gasteiger partial charge >= 0.3 is 0 Å². The lowest BCUT2D eigenvalue weighted by Gasteiger charge is -2.30. The summed E-state index contributed by atoms with van der Waals surface area (Å²) in [5.41, 5.74) is 1.63. The van der Waals surface area contributed by atoms with Crippen molar-refractivity contribution >= 4 is 0 Å². The maximum absolute atomic E-state index is 14.9. The number of hydrogen-bond acceptors (Lipinski definition) is 1. The highest BCUT2D eigenvalue weighted by Gasteiger charge is 2.27. The SMILES string of the molecule is CCCCCCCc1c(C2CCC(CCCCC)CC2)cc(OC)c(F)c1F. The number of rotatable bonds is 12. The maximum atomic E-state index is 14.9. The van der Waals surface area contributed by atoms with Crippen molar-refractivity contribution in [3.8, 4) is 5.75 Å². The fourth-order valence-corrected chi connectivity index (χ4v) is 4.78. The van der Waals surface area contributed by atoms with E-state index in [9.17, 15) is 8.78 Å². The van der Waals surface area contributed by atoms with Crippen LogP contribution in [0.3, 0.4) is 0 Å². The first-order valence-corrected chi connectivity index (χ1v) is 11.7. The Kier molecular flexibility index (Phi) is 10.3. The van der Waals surface area contributed by atoms with Crippen LogP contribution in [0.1, 0.15) is 114 Å². The molecule has 1 aromatic rings. The third-order valence-corrected chi connectivity index (χ3v) is 6.56. The van der Waals surface area contributed by atoms with Gasteiger partial charge in [-0.1, -0.05) is 65.2 Å². The van der Waals surface area contributed by atoms with Crippen LogP contribution in [0.4, 0.5) is 8.78 Å². The monoisotopic (exact) mass is 394 g/mol. The quantitative estimate of drug-likeness (QED) is 0.324. The van der Waals surface area contributed by atoms with E-state index in [4.69, 9.17) is 4.74 Å². The summed E-state index contributed by atoms with van der Waals surface area (Å²) in [4.78, 5) is 0. The lowest BCUT2D eigenvalue weighted by molar-refractivity contribution is 0.299. The van der Waals surface area contributed by atoms with Crippen LogP contribution in [0.15, 0.2) is 6.07 Å². The van der Waals surface area contributed by atoms with Crippen LogP contribution in [0.25, 0.3) is 0 Å². The summed E-state index contributed by atoms with van der Waals surface area (Å²) < 4.78 is 34.4. The van der Waals surface area contributed by atoms with Crippen molar-refractivity contribution in [2.45, 2.75) is 110 Å². The van der Waals surface area contributed by atoms with Gasteiger partial charge in [0, 0.05) is 0 Å². The first-order chi connectivity index (χ1) is 13.6. The Morgan fingerprint density at radius 3 is 2.14 bits per heavy atom. The van der Waals surface area contributed by atoms with Crippen molar-refractivity contribution in [1.29, 1.82) is 0 Å². The molecule has 0 heterocycles. The molecule has 1 aliphatic rings. The van der Waals surface area contributed by atoms with Crippen molar-refractivity contribution in [1.82, 2.24) is 0 Å². The Morgan fingerprint density at radius 2 is 1.50 bits per heavy atom. The van der Waals surface area contributed by atoms with Crippen LogP contribution in [0, 0.1) is 17.6 Å². The Labute approximate surface area is 171 Å². The molecule has 0 saturated heterocycles. The Balaban J connectivity index is 2.07. The smallest absolute Gasteiger partial charge is 0.200 e. The number of ether oxygens (including phenoxy) is 1. The van der Waals surface area contributed by atoms with Crippen molar-refractivity contribution in [2.75, 3.05) is 7.11 Å². The van der Waals surface area contributed by atoms with Gasteiger partial charge in [0.05, 0.1) is 7.11 Å². The van der Waals surface area contributed by atoms with Gasteiger partial charge in [0.15, 0.2) is 11.6 Å². The second-order valence-corrected chi connectivity index (χ2v) is 8.65. The third kappa shape index (κ3) is 6.46. The minimum atomic E-state index is -0.817. The van der Waals surface area contributed by atoms with Crippen LogP contribution in [0.5, 0.6) is 5.75 Å². The highest BCUT2D eigenvalue weighted by Crippen LogP contribution is 2.41. The Morgan fingerprint density at radius 1 is 0.857 bits per heavy atom. The molecule has 1 saturated carbocycles. The molecule has 1 aromatic carbocycles. The molecule has 0 unspecified atom stereocenters. The van der Waals surface area contributed by atoms with Crippen LogP contribution in [0.2, 0.25) is 0 Å². The van der Waals surface area contributed by atoms with Gasteiger partial charge in [-0.25, -0.2) is 4.39 Å². The molecule has 2 rings (SSSR count). The number of methoxy groups -OCH3 is 1. The highest BCUT2D eigenvalue weighted by molar-refractivity contribution is 5.41. The first-order valence-electron chi connectivity index (χ1n) is 11.7. The van der Waals surface area contributed by atoms with E-state index in [1.165, 1.54) is 64.9 Å². The topological polar surface area (TPSA) is 9.23 Å². The van der Waals surface area contributed by atoms with Crippen molar-refractivity contribution in [3.63, 3.8) is 0 Å². The molecule has 0 aromatic heterocycles. The standard InChI is InChI=1S/C25H40F2O/c1-4-6-8-9-11-13-21-22(18-23(28-3)25(27)24(21)26)20-16-14-19(15-17-20)12-10-7-5-2/h18-20H,4-17H2,1-3H3. The minimum Gasteiger partial charge on any atom is -0.494 e. The number of benzene rings is 1. The van der Waals surface area contributed by atoms with Crippen LogP contribution < -0.4 is 4.74 Å². The second kappa shape index (κ2) is 12.4. The molecule has 1 aliphatic carbocycles. The van der Waals surface area contributed by atoms with E-state index < -0.39 is 11.6 Å². The van der Waals surface area contributed by atoms with Crippen molar-refractivity contribution in [2.24, 2.45) is 5.92 Å². The Bertz CT molecular complexity index is 576. The van der Waals surface area contributed by atoms with Gasteiger partial charge in [0.1, 0.15) is 0 Å². The fraction of sp³-hybridized carbons (Fsp3) is 0.760. The summed E-state index contributed by atoms with van der Waals surface area (Å²) in [5, 5.41) is 0. The van der Waals surface area contributed by atoms with Crippen LogP contribution in [-0.2, 0) is 6.42 Å². The van der Waals surface area contributed by atoms with Crippen molar-refractivity contribution < 1.29 is 13.5 Å². The fourth-order valence-electron chi connectivity index (χ4n) is 4.78. The summed E-state index contributed by atoms with van der Waals surface area (Å²) in [5.74, 6) is -0.269. The molecule has 0 bridgehead atoms. The molecule has 3 heteroatoms. The average Bonchev–Trinajstić information content (AvgIpc) is 2.72. The van der Waals surface area contributed by atoms with E-state index in [-0.39, 0.29) is 5.75 Å². The molecule has 0 spiro atoms. The van der Waals surface area contributed by atoms with Crippen LogP contribution in [-0.4, -0.2) is 7.11 Å². The zero-order valence-electron chi connectivity index (χ0n) is 18.3. The highest BCUT2D eigenvalue weighted by atomic mass is 19.2. The zero-order chi connectivity index (χ0) is 20.4. The summed E-state index contributed by atoms with van der Waals surface area (Å²) in [6.07, 6.45) is 16.1. The van der Waals surface area contributed by atoms with E-state index in [1.807, 2.05) is 0 Å². The lowest BCUT2D eigenvalue weighted by Crippen LogP contribution is -2.16. The summed E-state index contributed by atoms with van der Waals surface area (Å²) >= 11 is 0. The molecule has 0 amide bonds. The second-order valence-electron chi connectivity index (χ2n) is 8.65. The molecule has 0 N–H and O–H groups in total. The predicted octanol–water partition coefficient (Wildman–Crippen LogP) is 8.34. The number of unbranched alkanes of at least 4 members (excludes halogenated alkanes) is 6. The van der Waals surface area contributed by atoms with E-state index in [2.05, 4.69) is 13.8 Å². The molecular formula is C25H40F2O. The largest absolute Gasteiger partial charge is 0.494 e. The molecule has 28 heavy (non-hydrogen) atoms. The molecule has 160 valence electrons. The molecule has 0 radical (unpaired) electrons. The number of halogens is 2. The zero-order valence-corrected chi connectivity index (χ0v) is 18.3. The van der Waals surface area contributed by atoms with Gasteiger partial charge < -0.3 is 4.74 Å². The first kappa shape index (κ1) is 23.2. The summed E-state index contributed by atoms with van der Waals surface area (Å²) in [6, 6.07) is 1.79. The van der Waals surface area contributed by atoms with E-state index in [1.54, 1.807) is 6.07 Å². The average molecular weight is 395 g/mol. The van der Waals surface area contributed by atoms with Gasteiger partial charge in [0.2, 0.25) is 5.82 Å². The third-order valence-electron chi connectivity index (χ3n) is 6.56. The van der Waals surface area contributed by atoms with E-state index in [0.717, 1.165) is 37.2 Å². The maximum Gasteiger partial charge on any atom is 0.200 e. The van der Waals surface area contributed by atoms with Gasteiger partial charge in [-0.2, -0.15) is 4.39 Å². The van der Waals surface area contributed by atoms with Crippen molar-refractivity contribution in [3.05, 3.63) is 28.8 Å². The van der Waals surface area contributed by atoms with E-state index in [0.29, 0.717) is 17.9 Å². The number of hydrogen-bond donors (Lipinski definition) is 0. The molecule has 1 fully saturated rings. The van der Waals surface area contributed by atoms with E-state index >= 15 is 0 Å². The molecule has 0 aliphatic heterocycles. The summed E-state index contributed by atoms with van der Waals surface area (Å²) in [6.45, 7) is 4.44. The summed E-state index contributed by atoms with van der Waals surface area (Å²) in [7, 11) is 1.43. The minimum absolute atomic E-state index is 0.0623. The Hall–Kier alpha value is -1.12. The van der Waals surface area contributed by atoms with Gasteiger partial charge in [-0.05, 0) is 67.6 Å². The van der Waals surface area contributed by atoms with Crippen LogP contribution >= 0.6 is 0 Å². The van der Waals surface area contributed by atoms with Gasteiger partial charge in [-0.15, -0.1) is 0 Å². The van der Waals surface area contributed by atoms with Gasteiger partial charge in [-0.3, -0.25) is 0 Å². The van der Waals surface area contributed by atoms with Gasteiger partial charge in [0.25, 0.3) is 0 Å². The lowest BCUT2D eigenvalue weighted by atomic mass is 9.75. The predicted molar refractivity (Wildman–Crippen MR) is 114 cm³/mol. The molecule has 0 atom stereocenters. The molecular weight excluding hydrogens is 354 g/mol. The molecule has 1 nitrogen and oxygen atoms in total.